The standard InChI is InChI=1S/C22H18BrN3O2/c23-19-8-3-5-16(13-19)10-11-21(27)25-15-17-6-1-2-9-20(17)26-22(28)18-7-4-12-24-14-18/h1-14H,15H2,(H,25,27)(H,26,28)/b11-10+. The zero-order chi connectivity index (χ0) is 19.8. The predicted molar refractivity (Wildman–Crippen MR) is 114 cm³/mol. The third kappa shape index (κ3) is 5.62. The molecule has 2 N–H and O–H groups in total. The van der Waals surface area contributed by atoms with E-state index >= 15 is 0 Å². The molecule has 3 rings (SSSR count). The summed E-state index contributed by atoms with van der Waals surface area (Å²) in [6.07, 6.45) is 6.35. The van der Waals surface area contributed by atoms with Gasteiger partial charge in [0.25, 0.3) is 5.91 Å². The molecule has 0 aliphatic carbocycles. The molecular weight excluding hydrogens is 418 g/mol. The maximum atomic E-state index is 12.3. The number of para-hydroxylation sites is 1. The molecule has 0 unspecified atom stereocenters. The average molecular weight is 436 g/mol. The lowest BCUT2D eigenvalue weighted by Crippen LogP contribution is -2.22. The van der Waals surface area contributed by atoms with E-state index in [1.54, 1.807) is 30.5 Å². The Morgan fingerprint density at radius 1 is 1.04 bits per heavy atom. The monoisotopic (exact) mass is 435 g/mol. The van der Waals surface area contributed by atoms with Crippen molar-refractivity contribution in [2.45, 2.75) is 6.54 Å². The quantitative estimate of drug-likeness (QED) is 0.562. The fraction of sp³-hybridized carbons (Fsp3) is 0.0455. The molecule has 140 valence electrons. The zero-order valence-electron chi connectivity index (χ0n) is 14.9. The van der Waals surface area contributed by atoms with Crippen molar-refractivity contribution in [1.82, 2.24) is 10.3 Å². The minimum atomic E-state index is -0.249. The number of carbonyl (C=O) groups excluding carboxylic acids is 2. The number of rotatable bonds is 6. The highest BCUT2D eigenvalue weighted by Gasteiger charge is 2.09. The van der Waals surface area contributed by atoms with Crippen molar-refractivity contribution < 1.29 is 9.59 Å². The van der Waals surface area contributed by atoms with Gasteiger partial charge in [0, 0.05) is 35.2 Å². The van der Waals surface area contributed by atoms with Gasteiger partial charge >= 0.3 is 0 Å². The zero-order valence-corrected chi connectivity index (χ0v) is 16.5. The molecule has 1 aromatic heterocycles. The first kappa shape index (κ1) is 19.5. The highest BCUT2D eigenvalue weighted by atomic mass is 79.9. The van der Waals surface area contributed by atoms with Gasteiger partial charge in [-0.15, -0.1) is 0 Å². The molecule has 3 aromatic rings. The van der Waals surface area contributed by atoms with Gasteiger partial charge in [0.2, 0.25) is 5.91 Å². The summed E-state index contributed by atoms with van der Waals surface area (Å²) < 4.78 is 0.952. The maximum absolute atomic E-state index is 12.3. The van der Waals surface area contributed by atoms with E-state index in [1.807, 2.05) is 42.5 Å². The van der Waals surface area contributed by atoms with Gasteiger partial charge in [-0.2, -0.15) is 0 Å². The molecule has 5 nitrogen and oxygen atoms in total. The van der Waals surface area contributed by atoms with Crippen LogP contribution in [0, 0.1) is 0 Å². The number of halogens is 1. The number of carbonyl (C=O) groups is 2. The van der Waals surface area contributed by atoms with Gasteiger partial charge in [0.1, 0.15) is 0 Å². The van der Waals surface area contributed by atoms with Gasteiger partial charge < -0.3 is 10.6 Å². The number of benzene rings is 2. The Bertz CT molecular complexity index is 1000. The fourth-order valence-corrected chi connectivity index (χ4v) is 2.93. The minimum Gasteiger partial charge on any atom is -0.348 e. The number of anilines is 1. The van der Waals surface area contributed by atoms with Crippen LogP contribution in [0.25, 0.3) is 6.08 Å². The van der Waals surface area contributed by atoms with Crippen LogP contribution >= 0.6 is 15.9 Å². The summed E-state index contributed by atoms with van der Waals surface area (Å²) in [5.74, 6) is -0.463. The summed E-state index contributed by atoms with van der Waals surface area (Å²) in [7, 11) is 0. The Morgan fingerprint density at radius 3 is 2.68 bits per heavy atom. The number of nitrogens with one attached hydrogen (secondary N) is 2. The molecule has 0 saturated heterocycles. The Labute approximate surface area is 171 Å². The highest BCUT2D eigenvalue weighted by molar-refractivity contribution is 9.10. The van der Waals surface area contributed by atoms with Crippen LogP contribution in [0.4, 0.5) is 5.69 Å². The molecule has 28 heavy (non-hydrogen) atoms. The van der Waals surface area contributed by atoms with Crippen molar-refractivity contribution in [3.05, 3.63) is 100 Å². The largest absolute Gasteiger partial charge is 0.348 e. The van der Waals surface area contributed by atoms with Crippen LogP contribution in [-0.4, -0.2) is 16.8 Å². The van der Waals surface area contributed by atoms with Crippen LogP contribution < -0.4 is 10.6 Å². The summed E-state index contributed by atoms with van der Waals surface area (Å²) in [6, 6.07) is 18.4. The Morgan fingerprint density at radius 2 is 1.89 bits per heavy atom. The van der Waals surface area contributed by atoms with E-state index in [0.717, 1.165) is 15.6 Å². The molecule has 1 heterocycles. The lowest BCUT2D eigenvalue weighted by atomic mass is 10.1. The summed E-state index contributed by atoms with van der Waals surface area (Å²) in [4.78, 5) is 28.4. The lowest BCUT2D eigenvalue weighted by Gasteiger charge is -2.11. The first-order valence-corrected chi connectivity index (χ1v) is 9.42. The summed E-state index contributed by atoms with van der Waals surface area (Å²) in [5.41, 5.74) is 2.85. The minimum absolute atomic E-state index is 0.214. The van der Waals surface area contributed by atoms with Gasteiger partial charge in [-0.05, 0) is 47.5 Å². The molecule has 0 aliphatic heterocycles. The normalized spacial score (nSPS) is 10.6. The van der Waals surface area contributed by atoms with E-state index in [2.05, 4.69) is 31.5 Å². The second-order valence-corrected chi connectivity index (χ2v) is 6.87. The summed E-state index contributed by atoms with van der Waals surface area (Å²) in [5, 5.41) is 5.70. The van der Waals surface area contributed by atoms with Crippen LogP contribution in [0.1, 0.15) is 21.5 Å². The maximum Gasteiger partial charge on any atom is 0.257 e. The van der Waals surface area contributed by atoms with E-state index in [0.29, 0.717) is 17.8 Å². The molecule has 0 radical (unpaired) electrons. The number of pyridine rings is 1. The first-order chi connectivity index (χ1) is 13.6. The van der Waals surface area contributed by atoms with Crippen molar-refractivity contribution in [2.24, 2.45) is 0 Å². The van der Waals surface area contributed by atoms with Crippen molar-refractivity contribution >= 4 is 39.5 Å². The molecule has 0 spiro atoms. The van der Waals surface area contributed by atoms with Crippen molar-refractivity contribution in [2.75, 3.05) is 5.32 Å². The molecule has 0 atom stereocenters. The Balaban J connectivity index is 1.62. The number of hydrogen-bond donors (Lipinski definition) is 2. The van der Waals surface area contributed by atoms with E-state index < -0.39 is 0 Å². The number of hydrogen-bond acceptors (Lipinski definition) is 3. The Kier molecular flexibility index (Phi) is 6.70. The molecule has 0 fully saturated rings. The van der Waals surface area contributed by atoms with E-state index in [9.17, 15) is 9.59 Å². The van der Waals surface area contributed by atoms with E-state index in [4.69, 9.17) is 0 Å². The number of aromatic nitrogens is 1. The predicted octanol–water partition coefficient (Wildman–Crippen LogP) is 4.43. The van der Waals surface area contributed by atoms with Gasteiger partial charge in [-0.25, -0.2) is 0 Å². The number of amides is 2. The van der Waals surface area contributed by atoms with Crippen molar-refractivity contribution in [3.63, 3.8) is 0 Å². The van der Waals surface area contributed by atoms with Crippen LogP contribution in [-0.2, 0) is 11.3 Å². The lowest BCUT2D eigenvalue weighted by molar-refractivity contribution is -0.116. The highest BCUT2D eigenvalue weighted by Crippen LogP contribution is 2.16. The summed E-state index contributed by atoms with van der Waals surface area (Å²) >= 11 is 3.40. The van der Waals surface area contributed by atoms with Gasteiger partial charge in [-0.1, -0.05) is 46.3 Å². The van der Waals surface area contributed by atoms with E-state index in [-0.39, 0.29) is 11.8 Å². The van der Waals surface area contributed by atoms with E-state index in [1.165, 1.54) is 12.3 Å². The SMILES string of the molecule is O=C(/C=C/c1cccc(Br)c1)NCc1ccccc1NC(=O)c1cccnc1. The van der Waals surface area contributed by atoms with Gasteiger partial charge in [-0.3, -0.25) is 14.6 Å². The second-order valence-electron chi connectivity index (χ2n) is 5.96. The smallest absolute Gasteiger partial charge is 0.257 e. The molecule has 0 saturated carbocycles. The van der Waals surface area contributed by atoms with Crippen molar-refractivity contribution in [1.29, 1.82) is 0 Å². The topological polar surface area (TPSA) is 71.1 Å². The van der Waals surface area contributed by atoms with Gasteiger partial charge in [0.15, 0.2) is 0 Å². The Hall–Kier alpha value is -3.25. The van der Waals surface area contributed by atoms with Gasteiger partial charge in [0.05, 0.1) is 5.56 Å². The van der Waals surface area contributed by atoms with Crippen LogP contribution in [0.3, 0.4) is 0 Å². The molecule has 2 aromatic carbocycles. The number of nitrogens with zero attached hydrogens (tertiary/aromatic N) is 1. The molecule has 0 aliphatic rings. The first-order valence-electron chi connectivity index (χ1n) is 8.62. The third-order valence-electron chi connectivity index (χ3n) is 3.92. The van der Waals surface area contributed by atoms with Crippen LogP contribution in [0.2, 0.25) is 0 Å². The molecule has 0 bridgehead atoms. The van der Waals surface area contributed by atoms with Crippen LogP contribution in [0.5, 0.6) is 0 Å². The third-order valence-corrected chi connectivity index (χ3v) is 4.41. The second kappa shape index (κ2) is 9.62. The average Bonchev–Trinajstić information content (AvgIpc) is 2.72. The summed E-state index contributed by atoms with van der Waals surface area (Å²) in [6.45, 7) is 0.297. The molecule has 6 heteroatoms. The van der Waals surface area contributed by atoms with Crippen LogP contribution in [0.15, 0.2) is 83.6 Å². The van der Waals surface area contributed by atoms with Crippen molar-refractivity contribution in [3.8, 4) is 0 Å². The molecular formula is C22H18BrN3O2. The molecule has 2 amide bonds. The fourth-order valence-electron chi connectivity index (χ4n) is 2.51.